The Hall–Kier alpha value is -3.55. The van der Waals surface area contributed by atoms with Crippen molar-refractivity contribution in [2.75, 3.05) is 20.8 Å². The number of fused-ring (bicyclic) bond motifs is 1. The van der Waals surface area contributed by atoms with Gasteiger partial charge in [0, 0.05) is 11.6 Å². The smallest absolute Gasteiger partial charge is 0.239 e. The lowest BCUT2D eigenvalue weighted by Crippen LogP contribution is -2.60. The van der Waals surface area contributed by atoms with E-state index in [1.54, 1.807) is 0 Å². The highest BCUT2D eigenvalue weighted by atomic mass is 16.7. The monoisotopic (exact) mass is 492 g/mol. The van der Waals surface area contributed by atoms with E-state index in [-0.39, 0.29) is 39.5 Å². The van der Waals surface area contributed by atoms with E-state index in [4.69, 9.17) is 23.4 Å². The summed E-state index contributed by atoms with van der Waals surface area (Å²) in [4.78, 5) is 13.6. The first-order valence-electron chi connectivity index (χ1n) is 10.4. The standard InChI is InChI=1S/C23H24O12/c1-31-12-7-11-14(16(27)21(12)32-2)17(28)22(20(33-11)9-3-5-10(25)6-4-9)35-23-19(30)18(29)15(26)13(8-24)34-23/h3-7,13,15,18-19,23-27,29-30H,8H2,1-2H3/t13-,15-,18+,19-,23?/m1/s1. The summed E-state index contributed by atoms with van der Waals surface area (Å²) in [6, 6.07) is 6.86. The molecular weight excluding hydrogens is 468 g/mol. The Morgan fingerprint density at radius 1 is 0.943 bits per heavy atom. The first-order valence-corrected chi connectivity index (χ1v) is 10.4. The zero-order valence-corrected chi connectivity index (χ0v) is 18.6. The van der Waals surface area contributed by atoms with Crippen LogP contribution in [-0.2, 0) is 4.74 Å². The summed E-state index contributed by atoms with van der Waals surface area (Å²) in [5.74, 6) is -1.38. The number of aliphatic hydroxyl groups is 4. The summed E-state index contributed by atoms with van der Waals surface area (Å²) in [6.07, 6.45) is -8.20. The fourth-order valence-corrected chi connectivity index (χ4v) is 3.82. The molecule has 188 valence electrons. The summed E-state index contributed by atoms with van der Waals surface area (Å²) >= 11 is 0. The number of phenolic OH excluding ortho intramolecular Hbond substituents is 2. The maximum absolute atomic E-state index is 13.6. The molecule has 35 heavy (non-hydrogen) atoms. The molecule has 1 aliphatic rings. The van der Waals surface area contributed by atoms with Gasteiger partial charge in [-0.1, -0.05) is 0 Å². The van der Waals surface area contributed by atoms with E-state index in [1.807, 2.05) is 0 Å². The summed E-state index contributed by atoms with van der Waals surface area (Å²) < 4.78 is 27.3. The van der Waals surface area contributed by atoms with Crippen LogP contribution in [0.4, 0.5) is 0 Å². The van der Waals surface area contributed by atoms with Crippen LogP contribution in [0.15, 0.2) is 39.5 Å². The van der Waals surface area contributed by atoms with Crippen LogP contribution in [0, 0.1) is 0 Å². The largest absolute Gasteiger partial charge is 0.508 e. The van der Waals surface area contributed by atoms with Gasteiger partial charge >= 0.3 is 0 Å². The Balaban J connectivity index is 1.94. The number of aromatic hydroxyl groups is 2. The number of benzene rings is 2. The molecule has 1 fully saturated rings. The van der Waals surface area contributed by atoms with E-state index in [1.165, 1.54) is 44.6 Å². The van der Waals surface area contributed by atoms with Crippen LogP contribution in [0.3, 0.4) is 0 Å². The number of aliphatic hydroxyl groups excluding tert-OH is 4. The van der Waals surface area contributed by atoms with Gasteiger partial charge in [0.05, 0.1) is 20.8 Å². The van der Waals surface area contributed by atoms with Crippen molar-refractivity contribution in [2.24, 2.45) is 0 Å². The molecule has 1 unspecified atom stereocenters. The van der Waals surface area contributed by atoms with Crippen LogP contribution in [-0.4, -0.2) is 82.2 Å². The summed E-state index contributed by atoms with van der Waals surface area (Å²) in [6.45, 7) is -0.709. The van der Waals surface area contributed by atoms with Crippen LogP contribution in [0.5, 0.6) is 28.7 Å². The molecule has 0 radical (unpaired) electrons. The van der Waals surface area contributed by atoms with E-state index in [0.717, 1.165) is 0 Å². The first kappa shape index (κ1) is 24.6. The predicted molar refractivity (Wildman–Crippen MR) is 119 cm³/mol. The molecule has 2 aromatic carbocycles. The lowest BCUT2D eigenvalue weighted by atomic mass is 9.99. The molecule has 0 aliphatic carbocycles. The zero-order chi connectivity index (χ0) is 25.4. The lowest BCUT2D eigenvalue weighted by molar-refractivity contribution is -0.277. The fraction of sp³-hybridized carbons (Fsp3) is 0.348. The van der Waals surface area contributed by atoms with Crippen molar-refractivity contribution in [2.45, 2.75) is 30.7 Å². The average molecular weight is 492 g/mol. The third kappa shape index (κ3) is 4.22. The molecule has 1 saturated heterocycles. The average Bonchev–Trinajstić information content (AvgIpc) is 2.85. The normalized spacial score (nSPS) is 24.3. The van der Waals surface area contributed by atoms with E-state index in [2.05, 4.69) is 0 Å². The fourth-order valence-electron chi connectivity index (χ4n) is 3.82. The van der Waals surface area contributed by atoms with Crippen LogP contribution in [0.25, 0.3) is 22.3 Å². The van der Waals surface area contributed by atoms with E-state index in [0.29, 0.717) is 0 Å². The lowest BCUT2D eigenvalue weighted by Gasteiger charge is -2.39. The summed E-state index contributed by atoms with van der Waals surface area (Å²) in [5, 5.41) is 60.0. The van der Waals surface area contributed by atoms with Crippen LogP contribution < -0.4 is 19.6 Å². The van der Waals surface area contributed by atoms with Crippen LogP contribution in [0.1, 0.15) is 0 Å². The van der Waals surface area contributed by atoms with Gasteiger partial charge in [0.25, 0.3) is 0 Å². The molecule has 0 amide bonds. The number of hydrogen-bond acceptors (Lipinski definition) is 12. The van der Waals surface area contributed by atoms with Crippen LogP contribution >= 0.6 is 0 Å². The second-order valence-corrected chi connectivity index (χ2v) is 7.79. The molecule has 3 aromatic rings. The Morgan fingerprint density at radius 3 is 2.23 bits per heavy atom. The molecule has 12 nitrogen and oxygen atoms in total. The second-order valence-electron chi connectivity index (χ2n) is 7.79. The number of phenols is 2. The molecule has 1 aromatic heterocycles. The minimum absolute atomic E-state index is 0.0580. The van der Waals surface area contributed by atoms with Gasteiger partial charge in [-0.3, -0.25) is 4.79 Å². The van der Waals surface area contributed by atoms with E-state index in [9.17, 15) is 35.4 Å². The molecule has 0 saturated carbocycles. The van der Waals surface area contributed by atoms with Gasteiger partial charge in [0.2, 0.25) is 23.2 Å². The number of methoxy groups -OCH3 is 2. The third-order valence-corrected chi connectivity index (χ3v) is 5.67. The molecule has 2 heterocycles. The van der Waals surface area contributed by atoms with Gasteiger partial charge in [0.1, 0.15) is 41.1 Å². The molecule has 0 spiro atoms. The quantitative estimate of drug-likeness (QED) is 0.272. The highest BCUT2D eigenvalue weighted by Crippen LogP contribution is 2.44. The van der Waals surface area contributed by atoms with Gasteiger partial charge in [-0.05, 0) is 24.3 Å². The van der Waals surface area contributed by atoms with Gasteiger partial charge < -0.3 is 54.0 Å². The summed E-state index contributed by atoms with van der Waals surface area (Å²) in [5.41, 5.74) is -0.699. The first-order chi connectivity index (χ1) is 16.7. The van der Waals surface area contributed by atoms with E-state index >= 15 is 0 Å². The number of hydrogen-bond donors (Lipinski definition) is 6. The van der Waals surface area contributed by atoms with Crippen LogP contribution in [0.2, 0.25) is 0 Å². The van der Waals surface area contributed by atoms with Crippen molar-refractivity contribution in [3.8, 4) is 40.1 Å². The van der Waals surface area contributed by atoms with Crippen molar-refractivity contribution in [3.63, 3.8) is 0 Å². The van der Waals surface area contributed by atoms with Crippen molar-refractivity contribution in [1.29, 1.82) is 0 Å². The zero-order valence-electron chi connectivity index (χ0n) is 18.6. The Labute approximate surface area is 197 Å². The van der Waals surface area contributed by atoms with Gasteiger partial charge in [0.15, 0.2) is 17.3 Å². The molecule has 1 aliphatic heterocycles. The van der Waals surface area contributed by atoms with E-state index < -0.39 is 54.2 Å². The SMILES string of the molecule is COc1cc2oc(-c3ccc(O)cc3)c(OC3O[C@H](CO)[C@@H](O)[C@H](O)[C@H]3O)c(=O)c2c(O)c1OC. The van der Waals surface area contributed by atoms with Gasteiger partial charge in [-0.2, -0.15) is 0 Å². The predicted octanol–water partition coefficient (Wildman–Crippen LogP) is 0.0671. The highest BCUT2D eigenvalue weighted by Gasteiger charge is 2.45. The Morgan fingerprint density at radius 2 is 1.63 bits per heavy atom. The van der Waals surface area contributed by atoms with Gasteiger partial charge in [-0.15, -0.1) is 0 Å². The van der Waals surface area contributed by atoms with Gasteiger partial charge in [-0.25, -0.2) is 0 Å². The minimum atomic E-state index is -1.81. The molecular formula is C23H24O12. The third-order valence-electron chi connectivity index (χ3n) is 5.67. The van der Waals surface area contributed by atoms with Crippen molar-refractivity contribution in [3.05, 3.63) is 40.6 Å². The maximum atomic E-state index is 13.6. The molecule has 0 bridgehead atoms. The van der Waals surface area contributed by atoms with Crippen molar-refractivity contribution >= 4 is 11.0 Å². The minimum Gasteiger partial charge on any atom is -0.508 e. The summed E-state index contributed by atoms with van der Waals surface area (Å²) in [7, 11) is 2.60. The van der Waals surface area contributed by atoms with Crippen molar-refractivity contribution < 1.29 is 54.0 Å². The Bertz CT molecular complexity index is 1270. The molecule has 4 rings (SSSR count). The molecule has 5 atom stereocenters. The maximum Gasteiger partial charge on any atom is 0.239 e. The highest BCUT2D eigenvalue weighted by molar-refractivity contribution is 5.91. The topological polar surface area (TPSA) is 189 Å². The number of ether oxygens (including phenoxy) is 4. The van der Waals surface area contributed by atoms with Crippen molar-refractivity contribution in [1.82, 2.24) is 0 Å². The second kappa shape index (κ2) is 9.60. The molecule has 6 N–H and O–H groups in total. The number of rotatable bonds is 6. The molecule has 12 heteroatoms. The Kier molecular flexibility index (Phi) is 6.74.